The summed E-state index contributed by atoms with van der Waals surface area (Å²) in [7, 11) is -4.72. The van der Waals surface area contributed by atoms with Gasteiger partial charge in [0.25, 0.3) is 0 Å². The molecule has 0 spiro atoms. The minimum atomic E-state index is -4.72. The Kier molecular flexibility index (Phi) is 3.38. The lowest BCUT2D eigenvalue weighted by Crippen LogP contribution is -2.35. The van der Waals surface area contributed by atoms with Crippen LogP contribution in [0, 0.1) is 0 Å². The molecule has 0 unspecified atom stereocenters. The summed E-state index contributed by atoms with van der Waals surface area (Å²) in [6.45, 7) is 2.26. The first-order chi connectivity index (χ1) is 9.89. The normalized spacial score (nSPS) is 25.7. The Labute approximate surface area is 121 Å². The van der Waals surface area contributed by atoms with Gasteiger partial charge >= 0.3 is 16.4 Å². The van der Waals surface area contributed by atoms with Crippen molar-refractivity contribution in [1.29, 1.82) is 0 Å². The number of urea groups is 1. The van der Waals surface area contributed by atoms with Crippen LogP contribution in [0.1, 0.15) is 37.3 Å². The Morgan fingerprint density at radius 1 is 1.52 bits per heavy atom. The zero-order valence-electron chi connectivity index (χ0n) is 11.3. The number of aromatic nitrogens is 1. The molecule has 2 aliphatic heterocycles. The number of carbonyl (C=O) groups excluding carboxylic acids is 1. The predicted octanol–water partition coefficient (Wildman–Crippen LogP) is 0.912. The Hall–Kier alpha value is -1.65. The van der Waals surface area contributed by atoms with E-state index in [1.54, 1.807) is 6.07 Å². The van der Waals surface area contributed by atoms with Crippen molar-refractivity contribution in [2.45, 2.75) is 38.3 Å². The van der Waals surface area contributed by atoms with Crippen LogP contribution < -0.4 is 0 Å². The number of hydroxylamine groups is 2. The fourth-order valence-electron chi connectivity index (χ4n) is 2.79. The molecule has 2 aliphatic rings. The Morgan fingerprint density at radius 2 is 2.29 bits per heavy atom. The topological polar surface area (TPSA) is 113 Å². The molecule has 2 fully saturated rings. The summed E-state index contributed by atoms with van der Waals surface area (Å²) in [6.07, 6.45) is 1.88. The third-order valence-electron chi connectivity index (χ3n) is 3.76. The van der Waals surface area contributed by atoms with Crippen LogP contribution >= 0.6 is 0 Å². The summed E-state index contributed by atoms with van der Waals surface area (Å²) in [5.41, 5.74) is 0.646. The number of fused-ring (bicyclic) bond motifs is 2. The highest BCUT2D eigenvalue weighted by Crippen LogP contribution is 2.38. The maximum absolute atomic E-state index is 12.2. The van der Waals surface area contributed by atoms with Crippen molar-refractivity contribution in [2.75, 3.05) is 6.54 Å². The van der Waals surface area contributed by atoms with Crippen LogP contribution in [0.25, 0.3) is 0 Å². The summed E-state index contributed by atoms with van der Waals surface area (Å²) >= 11 is 0. The van der Waals surface area contributed by atoms with E-state index in [4.69, 9.17) is 9.08 Å². The molecule has 2 bridgehead atoms. The second-order valence-electron chi connectivity index (χ2n) is 5.08. The van der Waals surface area contributed by atoms with E-state index in [0.29, 0.717) is 31.5 Å². The SMILES string of the molecule is CCc1cc([C@@H]2CC[C@@H]3CN2C(=O)N3OS(=O)(=O)O)no1. The summed E-state index contributed by atoms with van der Waals surface area (Å²) in [4.78, 5) is 13.7. The molecule has 0 saturated carbocycles. The molecule has 1 aromatic rings. The van der Waals surface area contributed by atoms with Crippen LogP contribution in [0.3, 0.4) is 0 Å². The molecule has 0 aromatic carbocycles. The van der Waals surface area contributed by atoms with Gasteiger partial charge < -0.3 is 9.42 Å². The van der Waals surface area contributed by atoms with Gasteiger partial charge in [0.15, 0.2) is 0 Å². The summed E-state index contributed by atoms with van der Waals surface area (Å²) in [5, 5.41) is 4.68. The van der Waals surface area contributed by atoms with Crippen molar-refractivity contribution < 1.29 is 26.6 Å². The highest BCUT2D eigenvalue weighted by molar-refractivity contribution is 7.80. The lowest BCUT2D eigenvalue weighted by Gasteiger charge is -2.28. The monoisotopic (exact) mass is 317 g/mol. The fourth-order valence-corrected chi connectivity index (χ4v) is 3.18. The van der Waals surface area contributed by atoms with Gasteiger partial charge in [0.2, 0.25) is 0 Å². The fraction of sp³-hybridized carbons (Fsp3) is 0.636. The van der Waals surface area contributed by atoms with Gasteiger partial charge in [-0.25, -0.2) is 4.79 Å². The number of rotatable bonds is 4. The first kappa shape index (κ1) is 14.3. The first-order valence-electron chi connectivity index (χ1n) is 6.61. The molecule has 0 aliphatic carbocycles. The molecule has 116 valence electrons. The van der Waals surface area contributed by atoms with Crippen molar-refractivity contribution >= 4 is 16.4 Å². The lowest BCUT2D eigenvalue weighted by atomic mass is 9.98. The summed E-state index contributed by atoms with van der Waals surface area (Å²) < 4.78 is 39.9. The number of carbonyl (C=O) groups is 1. The van der Waals surface area contributed by atoms with E-state index in [1.165, 1.54) is 4.90 Å². The van der Waals surface area contributed by atoms with Gasteiger partial charge in [-0.3, -0.25) is 4.55 Å². The average Bonchev–Trinajstić information content (AvgIpc) is 2.98. The second-order valence-corrected chi connectivity index (χ2v) is 6.09. The van der Waals surface area contributed by atoms with Gasteiger partial charge in [0.1, 0.15) is 11.5 Å². The number of hydrogen-bond donors (Lipinski definition) is 1. The maximum atomic E-state index is 12.2. The number of piperidine rings is 1. The molecule has 0 radical (unpaired) electrons. The molecule has 2 atom stereocenters. The van der Waals surface area contributed by atoms with E-state index >= 15 is 0 Å². The van der Waals surface area contributed by atoms with Crippen LogP contribution in [-0.4, -0.2) is 46.7 Å². The number of nitrogens with zero attached hydrogens (tertiary/aromatic N) is 3. The van der Waals surface area contributed by atoms with Crippen LogP contribution in [0.4, 0.5) is 4.79 Å². The molecule has 1 aromatic heterocycles. The van der Waals surface area contributed by atoms with Crippen molar-refractivity contribution in [3.8, 4) is 0 Å². The Balaban J connectivity index is 1.82. The molecular formula is C11H15N3O6S. The minimum absolute atomic E-state index is 0.271. The third-order valence-corrected chi connectivity index (χ3v) is 4.11. The number of hydrogen-bond acceptors (Lipinski definition) is 6. The first-order valence-corrected chi connectivity index (χ1v) is 7.98. The zero-order chi connectivity index (χ0) is 15.2. The lowest BCUT2D eigenvalue weighted by molar-refractivity contribution is -0.0317. The zero-order valence-corrected chi connectivity index (χ0v) is 12.1. The van der Waals surface area contributed by atoms with E-state index in [1.807, 2.05) is 6.92 Å². The molecule has 3 rings (SSSR count). The van der Waals surface area contributed by atoms with Crippen LogP contribution in [0.15, 0.2) is 10.6 Å². The molecule has 2 saturated heterocycles. The van der Waals surface area contributed by atoms with E-state index in [2.05, 4.69) is 9.44 Å². The van der Waals surface area contributed by atoms with Crippen molar-refractivity contribution in [3.05, 3.63) is 17.5 Å². The van der Waals surface area contributed by atoms with Crippen molar-refractivity contribution in [3.63, 3.8) is 0 Å². The van der Waals surface area contributed by atoms with Gasteiger partial charge in [-0.05, 0) is 12.8 Å². The molecule has 10 heteroatoms. The Bertz CT molecular complexity index is 657. The second kappa shape index (κ2) is 4.97. The van der Waals surface area contributed by atoms with Gasteiger partial charge in [0.05, 0.1) is 12.1 Å². The van der Waals surface area contributed by atoms with Gasteiger partial charge in [0, 0.05) is 19.0 Å². The highest BCUT2D eigenvalue weighted by Gasteiger charge is 2.48. The summed E-state index contributed by atoms with van der Waals surface area (Å²) in [5.74, 6) is 0.727. The quantitative estimate of drug-likeness (QED) is 0.821. The van der Waals surface area contributed by atoms with Crippen LogP contribution in [-0.2, 0) is 21.1 Å². The largest absolute Gasteiger partial charge is 0.418 e. The molecule has 3 heterocycles. The third kappa shape index (κ3) is 2.61. The van der Waals surface area contributed by atoms with E-state index < -0.39 is 22.5 Å². The van der Waals surface area contributed by atoms with E-state index in [-0.39, 0.29) is 6.04 Å². The molecule has 21 heavy (non-hydrogen) atoms. The Morgan fingerprint density at radius 3 is 2.90 bits per heavy atom. The maximum Gasteiger partial charge on any atom is 0.418 e. The van der Waals surface area contributed by atoms with E-state index in [9.17, 15) is 13.2 Å². The molecule has 2 amide bonds. The predicted molar refractivity (Wildman–Crippen MR) is 68.2 cm³/mol. The van der Waals surface area contributed by atoms with Gasteiger partial charge in [-0.15, -0.1) is 4.28 Å². The number of amides is 2. The van der Waals surface area contributed by atoms with Crippen molar-refractivity contribution in [2.24, 2.45) is 0 Å². The van der Waals surface area contributed by atoms with E-state index in [0.717, 1.165) is 10.8 Å². The standard InChI is InChI=1S/C11H15N3O6S/c1-2-8-5-9(12-19-8)10-4-3-7-6-13(10)11(15)14(7)20-21(16,17)18/h5,7,10H,2-4,6H2,1H3,(H,16,17,18)/t7-,10+/m1/s1. The smallest absolute Gasteiger partial charge is 0.361 e. The highest BCUT2D eigenvalue weighted by atomic mass is 32.3. The van der Waals surface area contributed by atoms with Gasteiger partial charge in [-0.1, -0.05) is 12.1 Å². The van der Waals surface area contributed by atoms with Crippen LogP contribution in [0.5, 0.6) is 0 Å². The van der Waals surface area contributed by atoms with Crippen LogP contribution in [0.2, 0.25) is 0 Å². The molecular weight excluding hydrogens is 302 g/mol. The van der Waals surface area contributed by atoms with Crippen molar-refractivity contribution in [1.82, 2.24) is 15.1 Å². The minimum Gasteiger partial charge on any atom is -0.361 e. The summed E-state index contributed by atoms with van der Waals surface area (Å²) in [6, 6.07) is 0.534. The number of aryl methyl sites for hydroxylation is 1. The molecule has 1 N–H and O–H groups in total. The van der Waals surface area contributed by atoms with Gasteiger partial charge in [-0.2, -0.15) is 13.5 Å². The average molecular weight is 317 g/mol. The molecule has 9 nitrogen and oxygen atoms in total.